The highest BCUT2D eigenvalue weighted by atomic mass is 16.5. The fraction of sp³-hybridized carbons (Fsp3) is 0.556. The summed E-state index contributed by atoms with van der Waals surface area (Å²) in [7, 11) is 0. The van der Waals surface area contributed by atoms with Crippen LogP contribution in [0, 0.1) is 6.92 Å². The average molecular weight is 289 g/mol. The van der Waals surface area contributed by atoms with E-state index in [1.807, 2.05) is 18.2 Å². The summed E-state index contributed by atoms with van der Waals surface area (Å²) >= 11 is 0. The molecular formula is C18H27NO2. The van der Waals surface area contributed by atoms with Crippen molar-refractivity contribution in [1.82, 2.24) is 4.90 Å². The van der Waals surface area contributed by atoms with Gasteiger partial charge in [-0.1, -0.05) is 30.2 Å². The summed E-state index contributed by atoms with van der Waals surface area (Å²) in [6.45, 7) is 9.12. The Morgan fingerprint density at radius 3 is 2.81 bits per heavy atom. The Morgan fingerprint density at radius 2 is 2.10 bits per heavy atom. The SMILES string of the molecule is C=CCc1cc(C)ccc1OCC(O)CN1CCCCC1. The van der Waals surface area contributed by atoms with Crippen LogP contribution < -0.4 is 4.74 Å². The minimum absolute atomic E-state index is 0.351. The third-order valence-corrected chi connectivity index (χ3v) is 3.93. The van der Waals surface area contributed by atoms with Crippen LogP contribution in [0.5, 0.6) is 5.75 Å². The van der Waals surface area contributed by atoms with Gasteiger partial charge in [0.1, 0.15) is 18.5 Å². The van der Waals surface area contributed by atoms with Crippen molar-refractivity contribution in [2.45, 2.75) is 38.7 Å². The second-order valence-corrected chi connectivity index (χ2v) is 5.93. The number of β-amino-alcohol motifs (C(OH)–C–C–N with tert-alkyl or cyclic N) is 1. The highest BCUT2D eigenvalue weighted by Crippen LogP contribution is 2.21. The van der Waals surface area contributed by atoms with E-state index in [9.17, 15) is 5.11 Å². The van der Waals surface area contributed by atoms with Crippen molar-refractivity contribution < 1.29 is 9.84 Å². The van der Waals surface area contributed by atoms with Gasteiger partial charge in [-0.2, -0.15) is 0 Å². The summed E-state index contributed by atoms with van der Waals surface area (Å²) in [4.78, 5) is 2.33. The molecule has 0 spiro atoms. The van der Waals surface area contributed by atoms with Gasteiger partial charge in [-0.3, -0.25) is 0 Å². The van der Waals surface area contributed by atoms with Gasteiger partial charge in [0.15, 0.2) is 0 Å². The van der Waals surface area contributed by atoms with Crippen molar-refractivity contribution in [3.05, 3.63) is 42.0 Å². The van der Waals surface area contributed by atoms with Crippen molar-refractivity contribution in [2.75, 3.05) is 26.2 Å². The van der Waals surface area contributed by atoms with E-state index in [1.54, 1.807) is 0 Å². The van der Waals surface area contributed by atoms with E-state index in [0.717, 1.165) is 30.8 Å². The van der Waals surface area contributed by atoms with E-state index >= 15 is 0 Å². The van der Waals surface area contributed by atoms with Crippen LogP contribution in [-0.4, -0.2) is 42.4 Å². The normalized spacial score (nSPS) is 17.4. The predicted octanol–water partition coefficient (Wildman–Crippen LogP) is 2.95. The number of ether oxygens (including phenoxy) is 1. The van der Waals surface area contributed by atoms with Crippen LogP contribution in [0.2, 0.25) is 0 Å². The van der Waals surface area contributed by atoms with Gasteiger partial charge in [0.25, 0.3) is 0 Å². The molecule has 1 unspecified atom stereocenters. The van der Waals surface area contributed by atoms with E-state index in [2.05, 4.69) is 24.5 Å². The maximum atomic E-state index is 10.2. The van der Waals surface area contributed by atoms with Crippen molar-refractivity contribution in [2.24, 2.45) is 0 Å². The first-order valence-corrected chi connectivity index (χ1v) is 7.92. The zero-order valence-electron chi connectivity index (χ0n) is 13.1. The maximum absolute atomic E-state index is 10.2. The molecule has 1 fully saturated rings. The zero-order valence-corrected chi connectivity index (χ0v) is 13.1. The largest absolute Gasteiger partial charge is 0.491 e. The van der Waals surface area contributed by atoms with Crippen LogP contribution in [0.3, 0.4) is 0 Å². The summed E-state index contributed by atoms with van der Waals surface area (Å²) < 4.78 is 5.82. The van der Waals surface area contributed by atoms with Gasteiger partial charge in [-0.15, -0.1) is 6.58 Å². The van der Waals surface area contributed by atoms with E-state index in [-0.39, 0.29) is 0 Å². The highest BCUT2D eigenvalue weighted by Gasteiger charge is 2.15. The lowest BCUT2D eigenvalue weighted by molar-refractivity contribution is 0.0614. The molecule has 0 aliphatic carbocycles. The second kappa shape index (κ2) is 8.20. The minimum Gasteiger partial charge on any atom is -0.491 e. The third kappa shape index (κ3) is 5.18. The quantitative estimate of drug-likeness (QED) is 0.783. The number of piperidine rings is 1. The highest BCUT2D eigenvalue weighted by molar-refractivity contribution is 5.38. The lowest BCUT2D eigenvalue weighted by Gasteiger charge is -2.28. The number of aryl methyl sites for hydroxylation is 1. The van der Waals surface area contributed by atoms with Gasteiger partial charge in [0.05, 0.1) is 0 Å². The van der Waals surface area contributed by atoms with Crippen molar-refractivity contribution in [3.63, 3.8) is 0 Å². The summed E-state index contributed by atoms with van der Waals surface area (Å²) in [5.74, 6) is 0.859. The van der Waals surface area contributed by atoms with Crippen molar-refractivity contribution >= 4 is 0 Å². The molecule has 0 saturated carbocycles. The average Bonchev–Trinajstić information content (AvgIpc) is 2.48. The smallest absolute Gasteiger partial charge is 0.122 e. The maximum Gasteiger partial charge on any atom is 0.122 e. The predicted molar refractivity (Wildman–Crippen MR) is 86.9 cm³/mol. The molecule has 2 rings (SSSR count). The topological polar surface area (TPSA) is 32.7 Å². The Hall–Kier alpha value is -1.32. The fourth-order valence-electron chi connectivity index (χ4n) is 2.84. The fourth-order valence-corrected chi connectivity index (χ4v) is 2.84. The molecule has 1 aliphatic heterocycles. The molecule has 1 saturated heterocycles. The summed E-state index contributed by atoms with van der Waals surface area (Å²) in [6.07, 6.45) is 6.05. The Kier molecular flexibility index (Phi) is 6.27. The van der Waals surface area contributed by atoms with E-state index in [1.165, 1.54) is 24.8 Å². The van der Waals surface area contributed by atoms with E-state index < -0.39 is 6.10 Å². The number of hydrogen-bond acceptors (Lipinski definition) is 3. The molecule has 116 valence electrons. The number of nitrogens with zero attached hydrogens (tertiary/aromatic N) is 1. The van der Waals surface area contributed by atoms with Crippen LogP contribution >= 0.6 is 0 Å². The van der Waals surface area contributed by atoms with Gasteiger partial charge < -0.3 is 14.7 Å². The Balaban J connectivity index is 1.85. The second-order valence-electron chi connectivity index (χ2n) is 5.93. The number of hydrogen-bond donors (Lipinski definition) is 1. The Labute approximate surface area is 128 Å². The number of rotatable bonds is 7. The van der Waals surface area contributed by atoms with Crippen molar-refractivity contribution in [1.29, 1.82) is 0 Å². The molecule has 1 heterocycles. The molecule has 1 aromatic carbocycles. The number of aliphatic hydroxyl groups is 1. The first-order chi connectivity index (χ1) is 10.2. The van der Waals surface area contributed by atoms with Crippen molar-refractivity contribution in [3.8, 4) is 5.75 Å². The first kappa shape index (κ1) is 16.1. The van der Waals surface area contributed by atoms with Gasteiger partial charge >= 0.3 is 0 Å². The molecule has 1 N–H and O–H groups in total. The molecule has 1 aliphatic rings. The van der Waals surface area contributed by atoms with Gasteiger partial charge in [0, 0.05) is 6.54 Å². The molecule has 1 atom stereocenters. The minimum atomic E-state index is -0.430. The van der Waals surface area contributed by atoms with Gasteiger partial charge in [-0.25, -0.2) is 0 Å². The van der Waals surface area contributed by atoms with Crippen LogP contribution in [0.4, 0.5) is 0 Å². The van der Waals surface area contributed by atoms with Crippen LogP contribution in [-0.2, 0) is 6.42 Å². The molecule has 1 aromatic rings. The summed E-state index contributed by atoms with van der Waals surface area (Å²) in [5, 5.41) is 10.2. The standard InChI is InChI=1S/C18H27NO2/c1-3-7-16-12-15(2)8-9-18(16)21-14-17(20)13-19-10-5-4-6-11-19/h3,8-9,12,17,20H,1,4-7,10-11,13-14H2,2H3. The molecule has 3 heteroatoms. The monoisotopic (exact) mass is 289 g/mol. The molecule has 21 heavy (non-hydrogen) atoms. The molecule has 0 amide bonds. The molecule has 3 nitrogen and oxygen atoms in total. The zero-order chi connectivity index (χ0) is 15.1. The summed E-state index contributed by atoms with van der Waals surface area (Å²) in [5.41, 5.74) is 2.35. The molecule has 0 radical (unpaired) electrons. The summed E-state index contributed by atoms with van der Waals surface area (Å²) in [6, 6.07) is 6.15. The van der Waals surface area contributed by atoms with Gasteiger partial charge in [-0.05, 0) is 50.9 Å². The number of likely N-dealkylation sites (tertiary alicyclic amines) is 1. The lowest BCUT2D eigenvalue weighted by atomic mass is 10.1. The molecular weight excluding hydrogens is 262 g/mol. The number of benzene rings is 1. The molecule has 0 bridgehead atoms. The van der Waals surface area contributed by atoms with Crippen LogP contribution in [0.1, 0.15) is 30.4 Å². The Morgan fingerprint density at radius 1 is 1.33 bits per heavy atom. The number of aliphatic hydroxyl groups excluding tert-OH is 1. The number of allylic oxidation sites excluding steroid dienone is 1. The van der Waals surface area contributed by atoms with Gasteiger partial charge in [0.2, 0.25) is 0 Å². The Bertz CT molecular complexity index is 453. The first-order valence-electron chi connectivity index (χ1n) is 7.92. The van der Waals surface area contributed by atoms with Crippen LogP contribution in [0.25, 0.3) is 0 Å². The van der Waals surface area contributed by atoms with Crippen LogP contribution in [0.15, 0.2) is 30.9 Å². The third-order valence-electron chi connectivity index (χ3n) is 3.93. The molecule has 0 aromatic heterocycles. The van der Waals surface area contributed by atoms with E-state index in [0.29, 0.717) is 13.2 Å². The van der Waals surface area contributed by atoms with E-state index in [4.69, 9.17) is 4.74 Å². The lowest BCUT2D eigenvalue weighted by Crippen LogP contribution is -2.38.